The van der Waals surface area contributed by atoms with Crippen molar-refractivity contribution >= 4 is 5.97 Å². The van der Waals surface area contributed by atoms with Gasteiger partial charge in [-0.05, 0) is 24.5 Å². The molecule has 18 heavy (non-hydrogen) atoms. The second kappa shape index (κ2) is 6.52. The maximum atomic E-state index is 10.7. The Balaban J connectivity index is 2.59. The minimum Gasteiger partial charge on any atom is -0.481 e. The molecule has 1 aromatic carbocycles. The van der Waals surface area contributed by atoms with E-state index in [1.807, 2.05) is 31.2 Å². The Morgan fingerprint density at radius 2 is 1.94 bits per heavy atom. The van der Waals surface area contributed by atoms with Crippen molar-refractivity contribution in [1.82, 2.24) is 5.32 Å². The molecule has 1 unspecified atom stereocenters. The number of aliphatic carboxylic acids is 1. The standard InChI is InChI=1S/C14H21NO3/c1-3-14(2,18)10-15-9-12-7-5-4-6-11(12)8-13(16)17/h4-7,15,18H,3,8-10H2,1-2H3,(H,16,17). The van der Waals surface area contributed by atoms with Gasteiger partial charge in [0.1, 0.15) is 0 Å². The summed E-state index contributed by atoms with van der Waals surface area (Å²) in [7, 11) is 0. The van der Waals surface area contributed by atoms with Gasteiger partial charge in [0.15, 0.2) is 0 Å². The van der Waals surface area contributed by atoms with Crippen molar-refractivity contribution in [1.29, 1.82) is 0 Å². The highest BCUT2D eigenvalue weighted by Gasteiger charge is 2.16. The highest BCUT2D eigenvalue weighted by Crippen LogP contribution is 2.11. The van der Waals surface area contributed by atoms with E-state index in [0.717, 1.165) is 11.1 Å². The van der Waals surface area contributed by atoms with Gasteiger partial charge in [-0.3, -0.25) is 4.79 Å². The molecule has 4 heteroatoms. The quantitative estimate of drug-likeness (QED) is 0.688. The minimum atomic E-state index is -0.831. The zero-order valence-electron chi connectivity index (χ0n) is 10.9. The van der Waals surface area contributed by atoms with Crippen LogP contribution in [0, 0.1) is 0 Å². The van der Waals surface area contributed by atoms with Crippen LogP contribution in [0.5, 0.6) is 0 Å². The smallest absolute Gasteiger partial charge is 0.307 e. The zero-order valence-corrected chi connectivity index (χ0v) is 10.9. The lowest BCUT2D eigenvalue weighted by molar-refractivity contribution is -0.136. The monoisotopic (exact) mass is 251 g/mol. The summed E-state index contributed by atoms with van der Waals surface area (Å²) in [5, 5.41) is 21.8. The van der Waals surface area contributed by atoms with Crippen LogP contribution in [0.2, 0.25) is 0 Å². The average molecular weight is 251 g/mol. The molecule has 0 bridgehead atoms. The number of benzene rings is 1. The number of carboxylic acid groups (broad SMARTS) is 1. The van der Waals surface area contributed by atoms with E-state index < -0.39 is 11.6 Å². The second-order valence-corrected chi connectivity index (χ2v) is 4.79. The lowest BCUT2D eigenvalue weighted by atomic mass is 10.0. The van der Waals surface area contributed by atoms with Gasteiger partial charge in [0.25, 0.3) is 0 Å². The van der Waals surface area contributed by atoms with Crippen molar-refractivity contribution in [2.75, 3.05) is 6.54 Å². The molecule has 0 saturated carbocycles. The highest BCUT2D eigenvalue weighted by atomic mass is 16.4. The first-order valence-electron chi connectivity index (χ1n) is 6.16. The van der Waals surface area contributed by atoms with Crippen LogP contribution in [0.4, 0.5) is 0 Å². The number of nitrogens with one attached hydrogen (secondary N) is 1. The molecule has 1 atom stereocenters. The number of hydrogen-bond acceptors (Lipinski definition) is 3. The molecule has 0 aromatic heterocycles. The summed E-state index contributed by atoms with van der Waals surface area (Å²) >= 11 is 0. The maximum Gasteiger partial charge on any atom is 0.307 e. The van der Waals surface area contributed by atoms with E-state index in [1.165, 1.54) is 0 Å². The van der Waals surface area contributed by atoms with Crippen molar-refractivity contribution in [3.05, 3.63) is 35.4 Å². The summed E-state index contributed by atoms with van der Waals surface area (Å²) < 4.78 is 0. The van der Waals surface area contributed by atoms with Crippen LogP contribution in [-0.4, -0.2) is 28.3 Å². The fourth-order valence-electron chi connectivity index (χ4n) is 1.66. The van der Waals surface area contributed by atoms with E-state index in [0.29, 0.717) is 19.5 Å². The Bertz CT molecular complexity index is 402. The predicted molar refractivity (Wildman–Crippen MR) is 70.4 cm³/mol. The van der Waals surface area contributed by atoms with Crippen LogP contribution in [0.1, 0.15) is 31.4 Å². The molecule has 0 aliphatic carbocycles. The summed E-state index contributed by atoms with van der Waals surface area (Å²) in [5.74, 6) is -0.831. The Labute approximate surface area is 108 Å². The second-order valence-electron chi connectivity index (χ2n) is 4.79. The van der Waals surface area contributed by atoms with Crippen LogP contribution in [0.25, 0.3) is 0 Å². The Kier molecular flexibility index (Phi) is 5.31. The van der Waals surface area contributed by atoms with Gasteiger partial charge in [0.2, 0.25) is 0 Å². The van der Waals surface area contributed by atoms with Crippen molar-refractivity contribution in [2.24, 2.45) is 0 Å². The summed E-state index contributed by atoms with van der Waals surface area (Å²) in [6.45, 7) is 4.77. The summed E-state index contributed by atoms with van der Waals surface area (Å²) in [5.41, 5.74) is 1.06. The highest BCUT2D eigenvalue weighted by molar-refractivity contribution is 5.70. The first kappa shape index (κ1) is 14.7. The van der Waals surface area contributed by atoms with Gasteiger partial charge < -0.3 is 15.5 Å². The fraction of sp³-hybridized carbons (Fsp3) is 0.500. The largest absolute Gasteiger partial charge is 0.481 e. The molecular formula is C14H21NO3. The number of carbonyl (C=O) groups is 1. The molecular weight excluding hydrogens is 230 g/mol. The molecule has 100 valence electrons. The summed E-state index contributed by atoms with van der Waals surface area (Å²) in [6.07, 6.45) is 0.707. The number of carboxylic acids is 1. The van der Waals surface area contributed by atoms with Gasteiger partial charge in [-0.2, -0.15) is 0 Å². The first-order valence-corrected chi connectivity index (χ1v) is 6.16. The van der Waals surface area contributed by atoms with Crippen molar-refractivity contribution in [3.63, 3.8) is 0 Å². The number of rotatable bonds is 7. The van der Waals surface area contributed by atoms with Gasteiger partial charge in [-0.15, -0.1) is 0 Å². The lowest BCUT2D eigenvalue weighted by Crippen LogP contribution is -2.36. The van der Waals surface area contributed by atoms with E-state index in [4.69, 9.17) is 5.11 Å². The molecule has 0 saturated heterocycles. The third kappa shape index (κ3) is 4.85. The lowest BCUT2D eigenvalue weighted by Gasteiger charge is -2.22. The van der Waals surface area contributed by atoms with Crippen LogP contribution in [0.3, 0.4) is 0 Å². The molecule has 0 radical (unpaired) electrons. The van der Waals surface area contributed by atoms with Crippen LogP contribution in [-0.2, 0) is 17.8 Å². The Morgan fingerprint density at radius 3 is 2.50 bits per heavy atom. The van der Waals surface area contributed by atoms with E-state index >= 15 is 0 Å². The molecule has 1 aromatic rings. The van der Waals surface area contributed by atoms with Gasteiger partial charge in [0, 0.05) is 13.1 Å². The summed E-state index contributed by atoms with van der Waals surface area (Å²) in [6, 6.07) is 7.46. The molecule has 4 nitrogen and oxygen atoms in total. The Hall–Kier alpha value is -1.39. The van der Waals surface area contributed by atoms with Crippen LogP contribution < -0.4 is 5.32 Å². The van der Waals surface area contributed by atoms with E-state index in [9.17, 15) is 9.90 Å². The maximum absolute atomic E-state index is 10.7. The molecule has 0 aliphatic rings. The molecule has 0 spiro atoms. The van der Waals surface area contributed by atoms with Gasteiger partial charge >= 0.3 is 5.97 Å². The fourth-order valence-corrected chi connectivity index (χ4v) is 1.66. The first-order chi connectivity index (χ1) is 8.44. The molecule has 0 fully saturated rings. The third-order valence-corrected chi connectivity index (χ3v) is 3.04. The normalized spacial score (nSPS) is 14.2. The minimum absolute atomic E-state index is 0.0298. The molecule has 0 amide bonds. The molecule has 0 heterocycles. The van der Waals surface area contributed by atoms with Crippen LogP contribution >= 0.6 is 0 Å². The van der Waals surface area contributed by atoms with Crippen molar-refractivity contribution in [3.8, 4) is 0 Å². The van der Waals surface area contributed by atoms with Gasteiger partial charge in [0.05, 0.1) is 12.0 Å². The van der Waals surface area contributed by atoms with Gasteiger partial charge in [-0.1, -0.05) is 31.2 Å². The third-order valence-electron chi connectivity index (χ3n) is 3.04. The summed E-state index contributed by atoms with van der Waals surface area (Å²) in [4.78, 5) is 10.7. The van der Waals surface area contributed by atoms with Crippen molar-refractivity contribution in [2.45, 2.75) is 38.8 Å². The molecule has 3 N–H and O–H groups in total. The number of hydrogen-bond donors (Lipinski definition) is 3. The Morgan fingerprint density at radius 1 is 1.33 bits per heavy atom. The van der Waals surface area contributed by atoms with E-state index in [-0.39, 0.29) is 6.42 Å². The van der Waals surface area contributed by atoms with E-state index in [2.05, 4.69) is 5.32 Å². The average Bonchev–Trinajstić information content (AvgIpc) is 2.30. The molecule has 0 aliphatic heterocycles. The van der Waals surface area contributed by atoms with Crippen molar-refractivity contribution < 1.29 is 15.0 Å². The van der Waals surface area contributed by atoms with E-state index in [1.54, 1.807) is 6.92 Å². The predicted octanol–water partition coefficient (Wildman–Crippen LogP) is 1.56. The number of aliphatic hydroxyl groups is 1. The van der Waals surface area contributed by atoms with Crippen LogP contribution in [0.15, 0.2) is 24.3 Å². The molecule has 1 rings (SSSR count). The van der Waals surface area contributed by atoms with Gasteiger partial charge in [-0.25, -0.2) is 0 Å². The topological polar surface area (TPSA) is 69.6 Å². The zero-order chi connectivity index (χ0) is 13.6. The SMILES string of the molecule is CCC(C)(O)CNCc1ccccc1CC(=O)O.